The number of amides is 1. The van der Waals surface area contributed by atoms with Gasteiger partial charge >= 0.3 is 0 Å². The summed E-state index contributed by atoms with van der Waals surface area (Å²) >= 11 is 0. The molecular weight excluding hydrogens is 524 g/mol. The van der Waals surface area contributed by atoms with Gasteiger partial charge in [-0.3, -0.25) is 14.4 Å². The number of ether oxygens (including phenoxy) is 1. The van der Waals surface area contributed by atoms with Crippen LogP contribution in [0.3, 0.4) is 0 Å². The second-order valence-electron chi connectivity index (χ2n) is 12.0. The summed E-state index contributed by atoms with van der Waals surface area (Å²) in [6, 6.07) is 14.3. The zero-order valence-corrected chi connectivity index (χ0v) is 24.7. The Morgan fingerprint density at radius 1 is 1.05 bits per heavy atom. The van der Waals surface area contributed by atoms with E-state index in [0.717, 1.165) is 36.2 Å². The number of hydrogen-bond donors (Lipinski definition) is 2. The van der Waals surface area contributed by atoms with E-state index >= 15 is 0 Å². The number of aromatic nitrogens is 2. The number of benzene rings is 2. The molecule has 0 radical (unpaired) electrons. The molecule has 1 aromatic heterocycles. The Labute approximate surface area is 237 Å². The van der Waals surface area contributed by atoms with Gasteiger partial charge in [-0.25, -0.2) is 14.0 Å². The molecule has 212 valence electrons. The molecule has 1 saturated heterocycles. The van der Waals surface area contributed by atoms with Crippen LogP contribution in [0, 0.1) is 24.0 Å². The minimum Gasteiger partial charge on any atom is -0.471 e. The Hall–Kier alpha value is -3.50. The lowest BCUT2D eigenvalue weighted by molar-refractivity contribution is 0.0690. The van der Waals surface area contributed by atoms with E-state index in [-0.39, 0.29) is 28.3 Å². The van der Waals surface area contributed by atoms with E-state index in [4.69, 9.17) is 9.52 Å². The molecule has 1 amide bonds. The van der Waals surface area contributed by atoms with E-state index < -0.39 is 9.92 Å². The molecule has 2 aliphatic heterocycles. The molecule has 6 bridgehead atoms. The molecule has 5 rings (SSSR count). The normalized spacial score (nSPS) is 21.8. The molecule has 2 N–H and O–H groups in total. The van der Waals surface area contributed by atoms with Gasteiger partial charge in [0.25, 0.3) is 5.91 Å². The molecule has 9 nitrogen and oxygen atoms in total. The van der Waals surface area contributed by atoms with Gasteiger partial charge in [0, 0.05) is 36.8 Å². The van der Waals surface area contributed by atoms with Crippen LogP contribution in [0.4, 0.5) is 5.95 Å². The number of rotatable bonds is 3. The summed E-state index contributed by atoms with van der Waals surface area (Å²) in [4.78, 5) is 27.2. The van der Waals surface area contributed by atoms with Crippen LogP contribution in [0.5, 0.6) is 5.88 Å². The lowest BCUT2D eigenvalue weighted by atomic mass is 9.92. The number of carbonyl (C=O) groups excluding carboxylic acids is 1. The fraction of sp³-hybridized carbons (Fsp3) is 0.433. The highest BCUT2D eigenvalue weighted by molar-refractivity contribution is 7.93. The first-order valence-corrected chi connectivity index (χ1v) is 15.2. The monoisotopic (exact) mass is 562 g/mol. The van der Waals surface area contributed by atoms with Crippen molar-refractivity contribution in [3.05, 3.63) is 65.2 Å². The summed E-state index contributed by atoms with van der Waals surface area (Å²) in [5.41, 5.74) is 4.20. The van der Waals surface area contributed by atoms with E-state index in [1.807, 2.05) is 32.0 Å². The predicted octanol–water partition coefficient (Wildman–Crippen LogP) is 5.15. The smallest absolute Gasteiger partial charge is 0.254 e. The second kappa shape index (κ2) is 10.8. The first-order chi connectivity index (χ1) is 18.9. The second-order valence-corrected chi connectivity index (χ2v) is 13.8. The number of fused-ring (bicyclic) bond motifs is 6. The first kappa shape index (κ1) is 28.0. The van der Waals surface area contributed by atoms with Gasteiger partial charge in [-0.1, -0.05) is 45.0 Å². The minimum atomic E-state index is -3.57. The van der Waals surface area contributed by atoms with Gasteiger partial charge in [0.05, 0.1) is 17.1 Å². The number of aryl methyl sites for hydroxylation is 2. The third-order valence-corrected chi connectivity index (χ3v) is 8.80. The van der Waals surface area contributed by atoms with Gasteiger partial charge in [0.2, 0.25) is 11.8 Å². The fourth-order valence-corrected chi connectivity index (χ4v) is 6.25. The molecular formula is C30H38N6O3S. The van der Waals surface area contributed by atoms with Crippen LogP contribution < -0.4 is 9.46 Å². The van der Waals surface area contributed by atoms with Crippen LogP contribution in [-0.2, 0) is 9.92 Å². The van der Waals surface area contributed by atoms with Crippen LogP contribution in [-0.4, -0.2) is 68.7 Å². The summed E-state index contributed by atoms with van der Waals surface area (Å²) in [5, 5.41) is 0. The van der Waals surface area contributed by atoms with Crippen LogP contribution in [0.15, 0.2) is 53.4 Å². The summed E-state index contributed by atoms with van der Waals surface area (Å²) < 4.78 is 31.5. The molecule has 1 fully saturated rings. The average molecular weight is 563 g/mol. The van der Waals surface area contributed by atoms with Gasteiger partial charge in [0.15, 0.2) is 9.92 Å². The Morgan fingerprint density at radius 3 is 2.50 bits per heavy atom. The highest BCUT2D eigenvalue weighted by atomic mass is 32.2. The van der Waals surface area contributed by atoms with Crippen LogP contribution in [0.2, 0.25) is 0 Å². The van der Waals surface area contributed by atoms with E-state index in [1.165, 1.54) is 6.07 Å². The van der Waals surface area contributed by atoms with Crippen molar-refractivity contribution < 1.29 is 13.7 Å². The van der Waals surface area contributed by atoms with Crippen molar-refractivity contribution in [1.82, 2.24) is 19.8 Å². The highest BCUT2D eigenvalue weighted by Crippen LogP contribution is 2.30. The third-order valence-electron chi connectivity index (χ3n) is 7.41. The van der Waals surface area contributed by atoms with Crippen LogP contribution in [0.1, 0.15) is 48.7 Å². The SMILES string of the molecule is Cc1cccc(C)c1-c1cc2nc(n1)NS(=N)(=O)c1cccc(c1)C(=O)N1CCN(CCC(C)(C)C)CC(C1)O2. The summed E-state index contributed by atoms with van der Waals surface area (Å²) in [6.45, 7) is 13.9. The van der Waals surface area contributed by atoms with E-state index in [9.17, 15) is 9.00 Å². The van der Waals surface area contributed by atoms with Crippen LogP contribution in [0.25, 0.3) is 11.3 Å². The van der Waals surface area contributed by atoms with Crippen molar-refractivity contribution in [1.29, 1.82) is 4.78 Å². The zero-order chi connectivity index (χ0) is 28.7. The Kier molecular flexibility index (Phi) is 7.58. The first-order valence-electron chi connectivity index (χ1n) is 13.7. The third kappa shape index (κ3) is 6.28. The fourth-order valence-electron chi connectivity index (χ4n) is 5.22. The van der Waals surface area contributed by atoms with Crippen molar-refractivity contribution in [2.75, 3.05) is 37.4 Å². The van der Waals surface area contributed by atoms with Gasteiger partial charge in [-0.15, -0.1) is 0 Å². The van der Waals surface area contributed by atoms with Crippen molar-refractivity contribution >= 4 is 21.8 Å². The minimum absolute atomic E-state index is 0.0428. The molecule has 2 aromatic carbocycles. The van der Waals surface area contributed by atoms with Crippen molar-refractivity contribution in [2.45, 2.75) is 52.0 Å². The van der Waals surface area contributed by atoms with Crippen molar-refractivity contribution in [2.24, 2.45) is 5.41 Å². The van der Waals surface area contributed by atoms with Gasteiger partial charge in [0.1, 0.15) is 6.10 Å². The number of nitrogens with one attached hydrogen (secondary N) is 2. The molecule has 10 heteroatoms. The maximum atomic E-state index is 13.7. The highest BCUT2D eigenvalue weighted by Gasteiger charge is 2.30. The molecule has 3 aromatic rings. The largest absolute Gasteiger partial charge is 0.471 e. The van der Waals surface area contributed by atoms with Crippen molar-refractivity contribution in [3.8, 4) is 17.1 Å². The predicted molar refractivity (Wildman–Crippen MR) is 157 cm³/mol. The molecule has 0 aliphatic carbocycles. The average Bonchev–Trinajstić information content (AvgIpc) is 3.08. The number of carbonyl (C=O) groups is 1. The topological polar surface area (TPSA) is 112 Å². The molecule has 0 spiro atoms. The molecule has 2 unspecified atom stereocenters. The van der Waals surface area contributed by atoms with Crippen LogP contribution >= 0.6 is 0 Å². The zero-order valence-electron chi connectivity index (χ0n) is 23.9. The van der Waals surface area contributed by atoms with Gasteiger partial charge in [-0.05, 0) is 61.6 Å². The number of nitrogens with zero attached hydrogens (tertiary/aromatic N) is 4. The summed E-state index contributed by atoms with van der Waals surface area (Å²) in [6.07, 6.45) is 0.676. The van der Waals surface area contributed by atoms with Crippen molar-refractivity contribution in [3.63, 3.8) is 0 Å². The summed E-state index contributed by atoms with van der Waals surface area (Å²) in [7, 11) is -3.57. The van der Waals surface area contributed by atoms with Gasteiger partial charge < -0.3 is 9.64 Å². The van der Waals surface area contributed by atoms with Gasteiger partial charge in [-0.2, -0.15) is 4.98 Å². The Balaban J connectivity index is 1.62. The van der Waals surface area contributed by atoms with E-state index in [2.05, 4.69) is 40.4 Å². The molecule has 3 heterocycles. The molecule has 2 atom stereocenters. The molecule has 2 aliphatic rings. The lowest BCUT2D eigenvalue weighted by Crippen LogP contribution is -2.40. The maximum Gasteiger partial charge on any atom is 0.254 e. The standard InChI is InChI=1S/C30H38N6O3S/c1-20-8-6-9-21(2)27(20)25-17-26-33-29(32-25)34-40(31,38)24-11-7-10-22(16-24)28(37)36-15-14-35(13-12-30(3,4)5)18-23(19-36)39-26/h6-11,16-17,23H,12-15,18-19H2,1-5H3,(H2,31,32,33,34,38). The van der Waals surface area contributed by atoms with E-state index in [0.29, 0.717) is 36.8 Å². The lowest BCUT2D eigenvalue weighted by Gasteiger charge is -2.27. The molecule has 40 heavy (non-hydrogen) atoms. The summed E-state index contributed by atoms with van der Waals surface area (Å²) in [5.74, 6) is 0.184. The number of hydrogen-bond acceptors (Lipinski definition) is 7. The Morgan fingerprint density at radius 2 is 1.77 bits per heavy atom. The van der Waals surface area contributed by atoms with E-state index in [1.54, 1.807) is 29.2 Å². The maximum absolute atomic E-state index is 13.7. The Bertz CT molecular complexity index is 1510. The quantitative estimate of drug-likeness (QED) is 0.457. The molecule has 0 saturated carbocycles. The number of anilines is 1.